The first-order valence-corrected chi connectivity index (χ1v) is 6.08. The maximum atomic E-state index is 6.11. The summed E-state index contributed by atoms with van der Waals surface area (Å²) in [4.78, 5) is 11.1. The lowest BCUT2D eigenvalue weighted by Crippen LogP contribution is -2.39. The van der Waals surface area contributed by atoms with Crippen molar-refractivity contribution in [1.82, 2.24) is 9.97 Å². The van der Waals surface area contributed by atoms with Gasteiger partial charge in [-0.25, -0.2) is 9.97 Å². The molecule has 0 aliphatic carbocycles. The number of halogens is 1. The Morgan fingerprint density at radius 3 is 2.50 bits per heavy atom. The van der Waals surface area contributed by atoms with E-state index in [0.29, 0.717) is 5.15 Å². The van der Waals surface area contributed by atoms with E-state index in [0.717, 1.165) is 23.8 Å². The SMILES string of the molecule is Cc1nc(Cl)c(C)c(N2CCCC2(C)C)n1. The molecule has 0 N–H and O–H groups in total. The van der Waals surface area contributed by atoms with Gasteiger partial charge < -0.3 is 4.90 Å². The second-order valence-electron chi connectivity index (χ2n) is 5.08. The third-order valence-corrected chi connectivity index (χ3v) is 3.70. The smallest absolute Gasteiger partial charge is 0.137 e. The van der Waals surface area contributed by atoms with Gasteiger partial charge in [0.25, 0.3) is 0 Å². The van der Waals surface area contributed by atoms with Gasteiger partial charge in [0.2, 0.25) is 0 Å². The minimum absolute atomic E-state index is 0.175. The van der Waals surface area contributed by atoms with Crippen LogP contribution in [0.2, 0.25) is 5.15 Å². The van der Waals surface area contributed by atoms with Gasteiger partial charge in [-0.05, 0) is 40.5 Å². The molecule has 1 fully saturated rings. The summed E-state index contributed by atoms with van der Waals surface area (Å²) in [6, 6.07) is 0. The van der Waals surface area contributed by atoms with Gasteiger partial charge in [-0.3, -0.25) is 0 Å². The number of rotatable bonds is 1. The predicted octanol–water partition coefficient (Wildman–Crippen LogP) is 3.13. The topological polar surface area (TPSA) is 29.0 Å². The summed E-state index contributed by atoms with van der Waals surface area (Å²) in [6.45, 7) is 9.44. The Morgan fingerprint density at radius 1 is 1.25 bits per heavy atom. The highest BCUT2D eigenvalue weighted by Crippen LogP contribution is 2.35. The molecule has 1 saturated heterocycles. The average molecular weight is 240 g/mol. The maximum absolute atomic E-state index is 6.11. The minimum Gasteiger partial charge on any atom is -0.351 e. The maximum Gasteiger partial charge on any atom is 0.137 e. The average Bonchev–Trinajstić information content (AvgIpc) is 2.51. The van der Waals surface area contributed by atoms with Crippen molar-refractivity contribution in [3.8, 4) is 0 Å². The molecule has 1 aromatic rings. The molecule has 0 radical (unpaired) electrons. The summed E-state index contributed by atoms with van der Waals surface area (Å²) in [5.41, 5.74) is 1.16. The Kier molecular flexibility index (Phi) is 2.82. The molecule has 0 amide bonds. The lowest BCUT2D eigenvalue weighted by molar-refractivity contribution is 0.513. The van der Waals surface area contributed by atoms with E-state index in [1.54, 1.807) is 0 Å². The number of anilines is 1. The molecule has 0 aromatic carbocycles. The summed E-state index contributed by atoms with van der Waals surface area (Å²) >= 11 is 6.11. The molecule has 2 heterocycles. The molecule has 1 aliphatic heterocycles. The first kappa shape index (κ1) is 11.6. The number of hydrogen-bond donors (Lipinski definition) is 0. The van der Waals surface area contributed by atoms with E-state index in [1.807, 2.05) is 13.8 Å². The van der Waals surface area contributed by atoms with E-state index in [2.05, 4.69) is 28.7 Å². The zero-order chi connectivity index (χ0) is 11.9. The molecule has 1 aliphatic rings. The summed E-state index contributed by atoms with van der Waals surface area (Å²) < 4.78 is 0. The van der Waals surface area contributed by atoms with E-state index in [4.69, 9.17) is 11.6 Å². The summed E-state index contributed by atoms with van der Waals surface area (Å²) in [5.74, 6) is 1.74. The number of aromatic nitrogens is 2. The van der Waals surface area contributed by atoms with Crippen LogP contribution < -0.4 is 4.90 Å². The van der Waals surface area contributed by atoms with Crippen molar-refractivity contribution < 1.29 is 0 Å². The lowest BCUT2D eigenvalue weighted by atomic mass is 10.0. The van der Waals surface area contributed by atoms with E-state index >= 15 is 0 Å². The zero-order valence-electron chi connectivity index (χ0n) is 10.3. The molecule has 0 unspecified atom stereocenters. The van der Waals surface area contributed by atoms with Crippen LogP contribution in [0.1, 0.15) is 38.1 Å². The highest BCUT2D eigenvalue weighted by Gasteiger charge is 2.34. The molecule has 2 rings (SSSR count). The molecule has 16 heavy (non-hydrogen) atoms. The van der Waals surface area contributed by atoms with Crippen molar-refractivity contribution >= 4 is 17.4 Å². The quantitative estimate of drug-likeness (QED) is 0.705. The molecule has 0 bridgehead atoms. The first-order valence-electron chi connectivity index (χ1n) is 5.70. The largest absolute Gasteiger partial charge is 0.351 e. The van der Waals surface area contributed by atoms with Crippen molar-refractivity contribution in [2.45, 2.75) is 46.1 Å². The van der Waals surface area contributed by atoms with Crippen molar-refractivity contribution in [2.75, 3.05) is 11.4 Å². The first-order chi connectivity index (χ1) is 7.42. The normalized spacial score (nSPS) is 19.2. The van der Waals surface area contributed by atoms with Crippen molar-refractivity contribution in [3.05, 3.63) is 16.5 Å². The molecule has 0 atom stereocenters. The molecule has 1 aromatic heterocycles. The Balaban J connectivity index is 2.48. The summed E-state index contributed by atoms with van der Waals surface area (Å²) in [7, 11) is 0. The van der Waals surface area contributed by atoms with Gasteiger partial charge in [0.15, 0.2) is 0 Å². The molecule has 3 nitrogen and oxygen atoms in total. The predicted molar refractivity (Wildman–Crippen MR) is 67.2 cm³/mol. The van der Waals surface area contributed by atoms with Crippen LogP contribution in [0, 0.1) is 13.8 Å². The van der Waals surface area contributed by atoms with Crippen LogP contribution in [0.25, 0.3) is 0 Å². The van der Waals surface area contributed by atoms with Gasteiger partial charge in [-0.1, -0.05) is 11.6 Å². The standard InChI is InChI=1S/C12H18ClN3/c1-8-10(13)14-9(2)15-11(8)16-7-5-6-12(16,3)4/h5-7H2,1-4H3. The van der Waals surface area contributed by atoms with Gasteiger partial charge in [0.1, 0.15) is 16.8 Å². The molecular weight excluding hydrogens is 222 g/mol. The summed E-state index contributed by atoms with van der Waals surface area (Å²) in [6.07, 6.45) is 2.42. The second-order valence-corrected chi connectivity index (χ2v) is 5.44. The van der Waals surface area contributed by atoms with Crippen molar-refractivity contribution in [2.24, 2.45) is 0 Å². The van der Waals surface area contributed by atoms with Gasteiger partial charge in [0.05, 0.1) is 0 Å². The fourth-order valence-electron chi connectivity index (χ4n) is 2.34. The Labute approximate surface area is 102 Å². The fraction of sp³-hybridized carbons (Fsp3) is 0.667. The second kappa shape index (κ2) is 3.88. The van der Waals surface area contributed by atoms with Gasteiger partial charge in [-0.2, -0.15) is 0 Å². The number of hydrogen-bond acceptors (Lipinski definition) is 3. The highest BCUT2D eigenvalue weighted by atomic mass is 35.5. The van der Waals surface area contributed by atoms with Crippen LogP contribution in [-0.4, -0.2) is 22.1 Å². The van der Waals surface area contributed by atoms with Crippen LogP contribution in [0.5, 0.6) is 0 Å². The number of aryl methyl sites for hydroxylation is 1. The fourth-order valence-corrected chi connectivity index (χ4v) is 2.55. The third kappa shape index (κ3) is 1.88. The van der Waals surface area contributed by atoms with E-state index in [1.165, 1.54) is 12.8 Å². The Bertz CT molecular complexity index is 415. The van der Waals surface area contributed by atoms with Gasteiger partial charge >= 0.3 is 0 Å². The van der Waals surface area contributed by atoms with Gasteiger partial charge in [0, 0.05) is 17.6 Å². The molecule has 4 heteroatoms. The van der Waals surface area contributed by atoms with Crippen LogP contribution in [0.4, 0.5) is 5.82 Å². The van der Waals surface area contributed by atoms with Crippen molar-refractivity contribution in [1.29, 1.82) is 0 Å². The highest BCUT2D eigenvalue weighted by molar-refractivity contribution is 6.30. The lowest BCUT2D eigenvalue weighted by Gasteiger charge is -2.33. The summed E-state index contributed by atoms with van der Waals surface area (Å²) in [5, 5.41) is 0.574. The van der Waals surface area contributed by atoms with Crippen molar-refractivity contribution in [3.63, 3.8) is 0 Å². The van der Waals surface area contributed by atoms with Crippen LogP contribution in [0.15, 0.2) is 0 Å². The van der Waals surface area contributed by atoms with Gasteiger partial charge in [-0.15, -0.1) is 0 Å². The minimum atomic E-state index is 0.175. The zero-order valence-corrected chi connectivity index (χ0v) is 11.1. The molecule has 88 valence electrons. The molecule has 0 saturated carbocycles. The van der Waals surface area contributed by atoms with E-state index in [9.17, 15) is 0 Å². The molecular formula is C12H18ClN3. The van der Waals surface area contributed by atoms with Crippen LogP contribution >= 0.6 is 11.6 Å². The Hall–Kier alpha value is -0.830. The monoisotopic (exact) mass is 239 g/mol. The van der Waals surface area contributed by atoms with Crippen LogP contribution in [-0.2, 0) is 0 Å². The molecule has 0 spiro atoms. The third-order valence-electron chi connectivity index (χ3n) is 3.33. The number of nitrogens with zero attached hydrogens (tertiary/aromatic N) is 3. The van der Waals surface area contributed by atoms with Crippen LogP contribution in [0.3, 0.4) is 0 Å². The van der Waals surface area contributed by atoms with E-state index in [-0.39, 0.29) is 5.54 Å². The van der Waals surface area contributed by atoms with E-state index < -0.39 is 0 Å². The Morgan fingerprint density at radius 2 is 1.94 bits per heavy atom.